The molecule has 0 fully saturated rings. The fourth-order valence-corrected chi connectivity index (χ4v) is 4.10. The molecule has 1 aromatic carbocycles. The van der Waals surface area contributed by atoms with Crippen LogP contribution in [-0.2, 0) is 19.3 Å². The number of amides is 1. The first-order chi connectivity index (χ1) is 17.9. The molecule has 0 saturated heterocycles. The zero-order chi connectivity index (χ0) is 28.0. The molecule has 38 heavy (non-hydrogen) atoms. The second-order valence-corrected chi connectivity index (χ2v) is 9.45. The molecule has 2 atom stereocenters. The molecular weight excluding hydrogens is 504 g/mol. The van der Waals surface area contributed by atoms with Crippen LogP contribution in [0.3, 0.4) is 0 Å². The van der Waals surface area contributed by atoms with Gasteiger partial charge in [0.15, 0.2) is 0 Å². The smallest absolute Gasteiger partial charge is 0.393 e. The SMILES string of the molecule is CCC(O)CC(O)CCn1c(-c2ccc(F)cc2)nc(C(=O)NCc2ccc(C(F)(F)F)nc2)c1C(C)C. The van der Waals surface area contributed by atoms with Crippen molar-refractivity contribution in [3.05, 3.63) is 71.1 Å². The van der Waals surface area contributed by atoms with Crippen LogP contribution in [0.5, 0.6) is 0 Å². The van der Waals surface area contributed by atoms with Crippen LogP contribution in [0.2, 0.25) is 0 Å². The van der Waals surface area contributed by atoms with Crippen molar-refractivity contribution in [3.8, 4) is 11.4 Å². The number of nitrogens with one attached hydrogen (secondary N) is 1. The van der Waals surface area contributed by atoms with Crippen molar-refractivity contribution in [1.82, 2.24) is 19.9 Å². The van der Waals surface area contributed by atoms with Gasteiger partial charge in [0.05, 0.1) is 17.9 Å². The fraction of sp³-hybridized carbons (Fsp3) is 0.444. The van der Waals surface area contributed by atoms with E-state index in [1.807, 2.05) is 25.3 Å². The van der Waals surface area contributed by atoms with E-state index in [1.54, 1.807) is 12.1 Å². The lowest BCUT2D eigenvalue weighted by Gasteiger charge is -2.19. The van der Waals surface area contributed by atoms with E-state index in [1.165, 1.54) is 18.2 Å². The highest BCUT2D eigenvalue weighted by Gasteiger charge is 2.32. The number of rotatable bonds is 11. The number of pyridine rings is 1. The van der Waals surface area contributed by atoms with Crippen molar-refractivity contribution in [2.24, 2.45) is 0 Å². The summed E-state index contributed by atoms with van der Waals surface area (Å²) in [6.45, 7) is 5.82. The van der Waals surface area contributed by atoms with Crippen molar-refractivity contribution in [3.63, 3.8) is 0 Å². The Morgan fingerprint density at radius 1 is 1.08 bits per heavy atom. The van der Waals surface area contributed by atoms with Gasteiger partial charge in [-0.25, -0.2) is 9.37 Å². The zero-order valence-corrected chi connectivity index (χ0v) is 21.5. The highest BCUT2D eigenvalue weighted by atomic mass is 19.4. The van der Waals surface area contributed by atoms with Gasteiger partial charge >= 0.3 is 6.18 Å². The van der Waals surface area contributed by atoms with Crippen molar-refractivity contribution in [2.45, 2.75) is 77.4 Å². The number of aliphatic hydroxyl groups excluding tert-OH is 2. The number of benzene rings is 1. The molecule has 2 aromatic heterocycles. The number of nitrogens with zero attached hydrogens (tertiary/aromatic N) is 3. The van der Waals surface area contributed by atoms with Crippen LogP contribution in [0.1, 0.15) is 73.4 Å². The zero-order valence-electron chi connectivity index (χ0n) is 21.5. The summed E-state index contributed by atoms with van der Waals surface area (Å²) in [6, 6.07) is 7.76. The first-order valence-electron chi connectivity index (χ1n) is 12.4. The number of carbonyl (C=O) groups excluding carboxylic acids is 1. The third-order valence-electron chi connectivity index (χ3n) is 6.14. The van der Waals surface area contributed by atoms with Crippen molar-refractivity contribution < 1.29 is 32.6 Å². The van der Waals surface area contributed by atoms with Gasteiger partial charge in [-0.15, -0.1) is 0 Å². The summed E-state index contributed by atoms with van der Waals surface area (Å²) in [5, 5.41) is 23.0. The van der Waals surface area contributed by atoms with Gasteiger partial charge in [-0.1, -0.05) is 26.8 Å². The van der Waals surface area contributed by atoms with Gasteiger partial charge in [-0.05, 0) is 61.1 Å². The molecule has 0 saturated carbocycles. The van der Waals surface area contributed by atoms with Gasteiger partial charge in [-0.2, -0.15) is 13.2 Å². The van der Waals surface area contributed by atoms with Gasteiger partial charge in [0.2, 0.25) is 0 Å². The van der Waals surface area contributed by atoms with Crippen LogP contribution < -0.4 is 5.32 Å². The molecule has 0 radical (unpaired) electrons. The van der Waals surface area contributed by atoms with E-state index in [-0.39, 0.29) is 24.6 Å². The van der Waals surface area contributed by atoms with Gasteiger partial charge in [0.25, 0.3) is 5.91 Å². The monoisotopic (exact) mass is 536 g/mol. The third kappa shape index (κ3) is 7.38. The maximum Gasteiger partial charge on any atom is 0.433 e. The van der Waals surface area contributed by atoms with E-state index in [2.05, 4.69) is 15.3 Å². The fourth-order valence-electron chi connectivity index (χ4n) is 4.10. The average molecular weight is 537 g/mol. The summed E-state index contributed by atoms with van der Waals surface area (Å²) in [4.78, 5) is 21.2. The van der Waals surface area contributed by atoms with E-state index >= 15 is 0 Å². The number of carbonyl (C=O) groups is 1. The highest BCUT2D eigenvalue weighted by Crippen LogP contribution is 2.30. The molecule has 11 heteroatoms. The van der Waals surface area contributed by atoms with Gasteiger partial charge < -0.3 is 20.1 Å². The van der Waals surface area contributed by atoms with Crippen LogP contribution in [0.25, 0.3) is 11.4 Å². The van der Waals surface area contributed by atoms with Gasteiger partial charge in [-0.3, -0.25) is 9.78 Å². The molecule has 206 valence electrons. The summed E-state index contributed by atoms with van der Waals surface area (Å²) in [5.74, 6) is -0.706. The molecule has 1 amide bonds. The summed E-state index contributed by atoms with van der Waals surface area (Å²) in [5.41, 5.74) is 0.652. The molecule has 0 aliphatic carbocycles. The van der Waals surface area contributed by atoms with Crippen molar-refractivity contribution >= 4 is 5.91 Å². The molecule has 3 aromatic rings. The summed E-state index contributed by atoms with van der Waals surface area (Å²) in [6.07, 6.45) is -3.89. The Labute approximate surface area is 218 Å². The minimum atomic E-state index is -4.56. The number of halogens is 4. The molecule has 2 unspecified atom stereocenters. The molecule has 0 spiro atoms. The van der Waals surface area contributed by atoms with Gasteiger partial charge in [0.1, 0.15) is 23.0 Å². The molecule has 0 aliphatic rings. The Hall–Kier alpha value is -3.31. The van der Waals surface area contributed by atoms with Crippen molar-refractivity contribution in [2.75, 3.05) is 0 Å². The second-order valence-electron chi connectivity index (χ2n) is 9.45. The molecule has 3 N–H and O–H groups in total. The molecule has 2 heterocycles. The second kappa shape index (κ2) is 12.5. The Morgan fingerprint density at radius 3 is 2.32 bits per heavy atom. The van der Waals surface area contributed by atoms with E-state index in [0.717, 1.165) is 12.3 Å². The number of imidazole rings is 1. The third-order valence-corrected chi connectivity index (χ3v) is 6.14. The number of hydrogen-bond donors (Lipinski definition) is 3. The Kier molecular flexibility index (Phi) is 9.61. The lowest BCUT2D eigenvalue weighted by molar-refractivity contribution is -0.141. The van der Waals surface area contributed by atoms with Gasteiger partial charge in [0, 0.05) is 24.8 Å². The lowest BCUT2D eigenvalue weighted by atomic mass is 10.1. The highest BCUT2D eigenvalue weighted by molar-refractivity contribution is 5.94. The molecule has 7 nitrogen and oxygen atoms in total. The predicted octanol–water partition coefficient (Wildman–Crippen LogP) is 5.07. The molecule has 0 aliphatic heterocycles. The summed E-state index contributed by atoms with van der Waals surface area (Å²) in [7, 11) is 0. The van der Waals surface area contributed by atoms with Crippen LogP contribution in [0.4, 0.5) is 17.6 Å². The lowest BCUT2D eigenvalue weighted by Crippen LogP contribution is -2.25. The Bertz CT molecular complexity index is 1210. The maximum absolute atomic E-state index is 13.6. The quantitative estimate of drug-likeness (QED) is 0.297. The first kappa shape index (κ1) is 29.2. The molecular formula is C27H32F4N4O3. The van der Waals surface area contributed by atoms with E-state index in [0.29, 0.717) is 42.0 Å². The normalized spacial score (nSPS) is 13.5. The van der Waals surface area contributed by atoms with Crippen LogP contribution in [-0.4, -0.2) is 42.9 Å². The Balaban J connectivity index is 1.90. The number of hydrogen-bond acceptors (Lipinski definition) is 5. The van der Waals surface area contributed by atoms with E-state index < -0.39 is 35.8 Å². The topological polar surface area (TPSA) is 100 Å². The van der Waals surface area contributed by atoms with E-state index in [4.69, 9.17) is 0 Å². The predicted molar refractivity (Wildman–Crippen MR) is 134 cm³/mol. The first-order valence-corrected chi connectivity index (χ1v) is 12.4. The van der Waals surface area contributed by atoms with Crippen LogP contribution in [0, 0.1) is 5.82 Å². The minimum Gasteiger partial charge on any atom is -0.393 e. The molecule has 0 bridgehead atoms. The maximum atomic E-state index is 13.6. The number of alkyl halides is 3. The average Bonchev–Trinajstić information content (AvgIpc) is 3.26. The Morgan fingerprint density at radius 2 is 1.76 bits per heavy atom. The minimum absolute atomic E-state index is 0.0616. The number of aromatic nitrogens is 3. The van der Waals surface area contributed by atoms with Crippen LogP contribution >= 0.6 is 0 Å². The number of aliphatic hydroxyl groups is 2. The standard InChI is InChI=1S/C27H32F4N4O3/c1-4-20(36)13-21(37)11-12-35-24(16(2)3)23(34-25(35)18-6-8-19(28)9-7-18)26(38)33-15-17-5-10-22(32-14-17)27(29,30)31/h5-10,14,16,20-21,36-37H,4,11-13,15H2,1-3H3,(H,33,38). The molecule has 3 rings (SSSR count). The largest absolute Gasteiger partial charge is 0.433 e. The van der Waals surface area contributed by atoms with Crippen molar-refractivity contribution in [1.29, 1.82) is 0 Å². The van der Waals surface area contributed by atoms with Crippen LogP contribution in [0.15, 0.2) is 42.6 Å². The summed E-state index contributed by atoms with van der Waals surface area (Å²) >= 11 is 0. The van der Waals surface area contributed by atoms with E-state index in [9.17, 15) is 32.6 Å². The summed E-state index contributed by atoms with van der Waals surface area (Å²) < 4.78 is 53.7.